The van der Waals surface area contributed by atoms with Gasteiger partial charge in [-0.25, -0.2) is 0 Å². The van der Waals surface area contributed by atoms with Crippen molar-refractivity contribution in [2.45, 2.75) is 77.1 Å². The summed E-state index contributed by atoms with van der Waals surface area (Å²) in [6, 6.07) is 0. The third-order valence-electron chi connectivity index (χ3n) is 8.98. The van der Waals surface area contributed by atoms with Crippen LogP contribution in [-0.4, -0.2) is 57.3 Å². The maximum Gasteiger partial charge on any atom is 1.00 e. The second-order valence-electron chi connectivity index (χ2n) is 11.3. The van der Waals surface area contributed by atoms with Crippen molar-refractivity contribution >= 4 is 23.7 Å². The Morgan fingerprint density at radius 2 is 1.81 bits per heavy atom. The zero-order chi connectivity index (χ0) is 26.1. The van der Waals surface area contributed by atoms with Gasteiger partial charge < -0.3 is 29.6 Å². The van der Waals surface area contributed by atoms with Gasteiger partial charge in [0.15, 0.2) is 5.78 Å². The Morgan fingerprint density at radius 3 is 2.36 bits per heavy atom. The summed E-state index contributed by atoms with van der Waals surface area (Å²) in [6.45, 7) is 8.29. The summed E-state index contributed by atoms with van der Waals surface area (Å²) in [4.78, 5) is 49.3. The molecule has 7 atom stereocenters. The third kappa shape index (κ3) is 3.93. The van der Waals surface area contributed by atoms with Crippen LogP contribution >= 0.6 is 0 Å². The van der Waals surface area contributed by atoms with Crippen molar-refractivity contribution in [3.05, 3.63) is 23.3 Å². The first-order chi connectivity index (χ1) is 16.2. The summed E-state index contributed by atoms with van der Waals surface area (Å²) in [5.74, 6) is -5.45. The molecule has 2 fully saturated rings. The van der Waals surface area contributed by atoms with E-state index in [9.17, 15) is 34.5 Å². The average Bonchev–Trinajstić information content (AvgIpc) is 3.16. The van der Waals surface area contributed by atoms with E-state index in [1.807, 2.05) is 20.8 Å². The molecule has 0 spiro atoms. The van der Waals surface area contributed by atoms with Gasteiger partial charge in [-0.3, -0.25) is 14.4 Å². The van der Waals surface area contributed by atoms with Gasteiger partial charge in [0.1, 0.15) is 16.8 Å². The minimum atomic E-state index is -1.93. The number of hydrogen-bond donors (Lipinski definition) is 2. The number of rotatable bonds is 6. The molecule has 0 saturated heterocycles. The van der Waals surface area contributed by atoms with Crippen LogP contribution < -0.4 is 34.7 Å². The number of aliphatic hydroxyl groups is 2. The van der Waals surface area contributed by atoms with Crippen LogP contribution in [0.25, 0.3) is 0 Å². The van der Waals surface area contributed by atoms with E-state index < -0.39 is 83.1 Å². The first kappa shape index (κ1) is 29.0. The third-order valence-corrected chi connectivity index (χ3v) is 8.98. The molecule has 2 saturated carbocycles. The number of carbonyl (C=O) groups excluding carboxylic acids is 4. The van der Waals surface area contributed by atoms with Gasteiger partial charge in [-0.15, -0.1) is 0 Å². The number of fused-ring (bicyclic) bond motifs is 5. The zero-order valence-electron chi connectivity index (χ0n) is 21.8. The van der Waals surface area contributed by atoms with Gasteiger partial charge in [0, 0.05) is 42.5 Å². The maximum atomic E-state index is 13.2. The standard InChI is InChI=1S/C26H34O9.Na/c1-13-8-18-24(33,22(13)32)11-16(12-27)9-17-21-23(4,5)25(21,34-15(3)28)10-14(2)26(17,18)35-20(31)7-6-19(29)30;/h8-9,14,17-18,21,27,33H,6-7,10-12H2,1-5H3,(H,29,30);/q;+1/p-1/t14-,17+,18-,21-,24-,25+,26-;/m1./s1. The summed E-state index contributed by atoms with van der Waals surface area (Å²) in [7, 11) is 0. The van der Waals surface area contributed by atoms with Crippen molar-refractivity contribution in [1.82, 2.24) is 0 Å². The second-order valence-corrected chi connectivity index (χ2v) is 11.3. The minimum Gasteiger partial charge on any atom is -0.550 e. The molecule has 9 nitrogen and oxygen atoms in total. The van der Waals surface area contributed by atoms with Crippen LogP contribution in [0, 0.1) is 29.1 Å². The largest absolute Gasteiger partial charge is 1.00 e. The van der Waals surface area contributed by atoms with Crippen LogP contribution in [0.1, 0.15) is 60.3 Å². The van der Waals surface area contributed by atoms with Gasteiger partial charge >= 0.3 is 41.5 Å². The Bertz CT molecular complexity index is 1060. The number of ketones is 1. The quantitative estimate of drug-likeness (QED) is 0.226. The molecule has 0 amide bonds. The topological polar surface area (TPSA) is 150 Å². The van der Waals surface area contributed by atoms with Crippen LogP contribution in [0.3, 0.4) is 0 Å². The molecule has 4 rings (SSSR count). The molecular weight excluding hydrogens is 479 g/mol. The molecule has 36 heavy (non-hydrogen) atoms. The molecule has 0 aliphatic heterocycles. The van der Waals surface area contributed by atoms with Crippen LogP contribution in [0.4, 0.5) is 0 Å². The van der Waals surface area contributed by atoms with Crippen molar-refractivity contribution in [2.75, 3.05) is 6.61 Å². The maximum absolute atomic E-state index is 13.2. The molecule has 10 heteroatoms. The van der Waals surface area contributed by atoms with Gasteiger partial charge in [0.05, 0.1) is 18.9 Å². The predicted octanol–water partition coefficient (Wildman–Crippen LogP) is -2.38. The average molecular weight is 513 g/mol. The van der Waals surface area contributed by atoms with E-state index in [2.05, 4.69) is 0 Å². The Morgan fingerprint density at radius 1 is 1.17 bits per heavy atom. The van der Waals surface area contributed by atoms with Gasteiger partial charge in [-0.2, -0.15) is 0 Å². The second kappa shape index (κ2) is 9.34. The summed E-state index contributed by atoms with van der Waals surface area (Å²) in [6.07, 6.45) is 2.65. The Balaban J connectivity index is 0.00000361. The predicted molar refractivity (Wildman–Crippen MR) is 119 cm³/mol. The number of Topliss-reactive ketones (excluding diaryl/α,β-unsaturated/α-hetero) is 1. The number of carbonyl (C=O) groups is 4. The molecule has 0 heterocycles. The van der Waals surface area contributed by atoms with E-state index in [-0.39, 0.29) is 41.9 Å². The molecule has 4 aliphatic rings. The molecule has 0 bridgehead atoms. The van der Waals surface area contributed by atoms with Crippen molar-refractivity contribution in [3.63, 3.8) is 0 Å². The molecule has 0 aromatic heterocycles. The molecular formula is C26H33NaO9. The molecule has 0 radical (unpaired) electrons. The number of aliphatic carboxylic acids is 1. The summed E-state index contributed by atoms with van der Waals surface area (Å²) in [5.41, 5.74) is -3.96. The first-order valence-corrected chi connectivity index (χ1v) is 12.0. The Hall–Kier alpha value is -1.52. The van der Waals surface area contributed by atoms with Gasteiger partial charge in [0.2, 0.25) is 0 Å². The fourth-order valence-electron chi connectivity index (χ4n) is 7.51. The number of aliphatic hydroxyl groups excluding tert-OH is 1. The first-order valence-electron chi connectivity index (χ1n) is 12.0. The van der Waals surface area contributed by atoms with Crippen LogP contribution in [0.5, 0.6) is 0 Å². The van der Waals surface area contributed by atoms with Crippen LogP contribution in [0.2, 0.25) is 0 Å². The molecule has 0 aromatic rings. The van der Waals surface area contributed by atoms with Gasteiger partial charge in [0.25, 0.3) is 0 Å². The van der Waals surface area contributed by atoms with E-state index in [1.54, 1.807) is 19.1 Å². The smallest absolute Gasteiger partial charge is 0.550 e. The molecule has 2 N–H and O–H groups in total. The Labute approximate surface area is 232 Å². The van der Waals surface area contributed by atoms with Crippen LogP contribution in [0.15, 0.2) is 23.3 Å². The van der Waals surface area contributed by atoms with Gasteiger partial charge in [-0.05, 0) is 30.9 Å². The van der Waals surface area contributed by atoms with Gasteiger partial charge in [-0.1, -0.05) is 32.9 Å². The monoisotopic (exact) mass is 512 g/mol. The fourth-order valence-corrected chi connectivity index (χ4v) is 7.51. The van der Waals surface area contributed by atoms with E-state index in [0.717, 1.165) is 0 Å². The fraction of sp³-hybridized carbons (Fsp3) is 0.692. The minimum absolute atomic E-state index is 0. The normalized spacial score (nSPS) is 39.7. The summed E-state index contributed by atoms with van der Waals surface area (Å²) >= 11 is 0. The van der Waals surface area contributed by atoms with Crippen molar-refractivity contribution in [2.24, 2.45) is 29.1 Å². The molecule has 4 aliphatic carbocycles. The van der Waals surface area contributed by atoms with Crippen LogP contribution in [-0.2, 0) is 28.7 Å². The molecule has 0 aromatic carbocycles. The van der Waals surface area contributed by atoms with E-state index in [1.165, 1.54) is 6.92 Å². The van der Waals surface area contributed by atoms with E-state index >= 15 is 0 Å². The van der Waals surface area contributed by atoms with E-state index in [4.69, 9.17) is 9.47 Å². The number of ether oxygens (including phenoxy) is 2. The summed E-state index contributed by atoms with van der Waals surface area (Å²) < 4.78 is 12.1. The number of esters is 2. The Kier molecular flexibility index (Phi) is 7.54. The van der Waals surface area contributed by atoms with Crippen molar-refractivity contribution in [1.29, 1.82) is 0 Å². The summed E-state index contributed by atoms with van der Waals surface area (Å²) in [5, 5.41) is 32.9. The zero-order valence-corrected chi connectivity index (χ0v) is 23.8. The van der Waals surface area contributed by atoms with Crippen molar-refractivity contribution < 1.29 is 73.5 Å². The molecule has 0 unspecified atom stereocenters. The van der Waals surface area contributed by atoms with Crippen molar-refractivity contribution in [3.8, 4) is 0 Å². The number of carboxylic acids is 1. The number of hydrogen-bond acceptors (Lipinski definition) is 9. The van der Waals surface area contributed by atoms with E-state index in [0.29, 0.717) is 17.6 Å². The molecule has 192 valence electrons. The number of carboxylic acid groups (broad SMARTS) is 1. The SMILES string of the molecule is CC(=O)O[C@@]12C[C@@H](C)[C@@]3(OC(=O)CCC(=O)[O-])[C@@H](C=C(CO)C[C@]4(O)C(=O)C(C)=C[C@@H]34)[C@@H]1C2(C)C.[Na+].